The molecule has 3 amide bonds. The third-order valence-electron chi connectivity index (χ3n) is 12.2. The molecule has 13 heteroatoms. The Morgan fingerprint density at radius 3 is 2.25 bits per heavy atom. The largest absolute Gasteiger partial charge is 0.460 e. The first-order valence-corrected chi connectivity index (χ1v) is 22.4. The highest BCUT2D eigenvalue weighted by Gasteiger charge is 2.72. The molecule has 8 atom stereocenters. The van der Waals surface area contributed by atoms with Gasteiger partial charge in [0, 0.05) is 45.4 Å². The summed E-state index contributed by atoms with van der Waals surface area (Å²) >= 11 is 0. The zero-order valence-electron chi connectivity index (χ0n) is 37.6. The van der Waals surface area contributed by atoms with Crippen molar-refractivity contribution in [2.75, 3.05) is 33.4 Å². The van der Waals surface area contributed by atoms with E-state index in [1.165, 1.54) is 5.57 Å². The molecule has 4 N–H and O–H groups in total. The van der Waals surface area contributed by atoms with Crippen LogP contribution in [0.1, 0.15) is 125 Å². The highest BCUT2D eigenvalue weighted by Crippen LogP contribution is 2.59. The highest BCUT2D eigenvalue weighted by molar-refractivity contribution is 5.92. The van der Waals surface area contributed by atoms with Crippen molar-refractivity contribution in [3.05, 3.63) is 47.5 Å². The minimum Gasteiger partial charge on any atom is -0.460 e. The number of carbonyl (C=O) groups excluding carboxylic acids is 5. The number of hydrogen-bond acceptors (Lipinski definition) is 10. The van der Waals surface area contributed by atoms with Crippen LogP contribution in [0.2, 0.25) is 0 Å². The van der Waals surface area contributed by atoms with Crippen molar-refractivity contribution < 1.29 is 42.9 Å². The number of amides is 3. The molecule has 2 aliphatic heterocycles. The third-order valence-corrected chi connectivity index (χ3v) is 12.2. The summed E-state index contributed by atoms with van der Waals surface area (Å²) in [5.41, 5.74) is 1.52. The molecule has 0 radical (unpaired) electrons. The van der Waals surface area contributed by atoms with Crippen LogP contribution < -0.4 is 21.3 Å². The van der Waals surface area contributed by atoms with Crippen LogP contribution in [0, 0.1) is 17.8 Å². The van der Waals surface area contributed by atoms with Crippen LogP contribution in [0.4, 0.5) is 0 Å². The minimum absolute atomic E-state index is 0.00122. The molecule has 4 unspecified atom stereocenters. The number of ketones is 1. The molecule has 13 nitrogen and oxygen atoms in total. The lowest BCUT2D eigenvalue weighted by Gasteiger charge is -2.42. The summed E-state index contributed by atoms with van der Waals surface area (Å²) < 4.78 is 24.4. The van der Waals surface area contributed by atoms with Gasteiger partial charge in [0.1, 0.15) is 29.5 Å². The second kappa shape index (κ2) is 23.5. The Bertz CT molecular complexity index is 1590. The summed E-state index contributed by atoms with van der Waals surface area (Å²) in [4.78, 5) is 64.5. The van der Waals surface area contributed by atoms with Crippen LogP contribution in [0.25, 0.3) is 0 Å². The van der Waals surface area contributed by atoms with Crippen LogP contribution >= 0.6 is 0 Å². The maximum Gasteiger partial charge on any atom is 0.306 e. The van der Waals surface area contributed by atoms with E-state index in [1.54, 1.807) is 21.0 Å². The minimum atomic E-state index is -0.865. The van der Waals surface area contributed by atoms with Gasteiger partial charge < -0.3 is 40.2 Å². The molecule has 1 aliphatic carbocycles. The molecular weight excluding hydrogens is 765 g/mol. The molecule has 60 heavy (non-hydrogen) atoms. The molecule has 0 bridgehead atoms. The van der Waals surface area contributed by atoms with Crippen molar-refractivity contribution in [1.82, 2.24) is 21.3 Å². The smallest absolute Gasteiger partial charge is 0.306 e. The second-order valence-electron chi connectivity index (χ2n) is 18.2. The number of ether oxygens (including phenoxy) is 4. The zero-order valence-corrected chi connectivity index (χ0v) is 37.6. The van der Waals surface area contributed by atoms with Crippen LogP contribution in [-0.2, 0) is 49.3 Å². The number of allylic oxidation sites excluding steroid dienone is 1. The molecule has 1 saturated carbocycles. The van der Waals surface area contributed by atoms with E-state index in [4.69, 9.17) is 18.9 Å². The van der Waals surface area contributed by atoms with Gasteiger partial charge in [0.15, 0.2) is 5.78 Å². The van der Waals surface area contributed by atoms with Gasteiger partial charge in [-0.25, -0.2) is 0 Å². The monoisotopic (exact) mass is 839 g/mol. The molecule has 2 saturated heterocycles. The summed E-state index contributed by atoms with van der Waals surface area (Å²) in [6.07, 6.45) is 9.79. The van der Waals surface area contributed by atoms with Crippen molar-refractivity contribution in [3.63, 3.8) is 0 Å². The number of nitrogens with one attached hydrogen (secondary N) is 4. The number of hydrogen-bond donors (Lipinski definition) is 4. The number of Topliss-reactive ketones (excluding diaryl/α,β-unsaturated/α-hetero) is 1. The second-order valence-corrected chi connectivity index (χ2v) is 18.2. The lowest BCUT2D eigenvalue weighted by atomic mass is 9.68. The molecule has 4 rings (SSSR count). The van der Waals surface area contributed by atoms with E-state index in [9.17, 15) is 24.0 Å². The first-order chi connectivity index (χ1) is 28.6. The van der Waals surface area contributed by atoms with E-state index < -0.39 is 18.0 Å². The van der Waals surface area contributed by atoms with E-state index in [2.05, 4.69) is 48.1 Å². The molecule has 336 valence electrons. The Balaban J connectivity index is 1.11. The number of carbonyl (C=O) groups is 5. The number of epoxide rings is 2. The number of esters is 1. The first kappa shape index (κ1) is 49.0. The van der Waals surface area contributed by atoms with Gasteiger partial charge in [-0.3, -0.25) is 24.0 Å². The SMILES string of the molecule is COC1C(OC(=O)CCCCCCCNC(=O)CCN[C@@H](CC(C)C)C(=O)N[C@@H](Cc2ccccc2)C(=O)NCC(=O)C(C)C)CC[C@]2(CO2)C1C1(C)O[C@@H]1CC=C(C)C. The Morgan fingerprint density at radius 2 is 1.60 bits per heavy atom. The standard InChI is InChI=1S/C47H74N4O9/c1-31(2)20-21-39-46(7,60-39)43-42(57-8)38(22-24-47(43)30-58-47)59-41(54)19-15-10-9-11-16-25-49-40(53)23-26-48-35(27-32(3)4)45(56)51-36(28-34-17-13-12-14-18-34)44(55)50-29-37(52)33(5)6/h12-14,17-18,20,32-33,35-36,38-39,42-43,48H,9-11,15-16,19,21-30H2,1-8H3,(H,49,53)(H,50,55)(H,51,56)/t35-,36-,38?,39+,42?,43?,46?,47-/m0/s1. The summed E-state index contributed by atoms with van der Waals surface area (Å²) in [5.74, 6) is -1.15. The van der Waals surface area contributed by atoms with Crippen LogP contribution in [0.15, 0.2) is 42.0 Å². The van der Waals surface area contributed by atoms with E-state index in [1.807, 2.05) is 44.2 Å². The average molecular weight is 839 g/mol. The summed E-state index contributed by atoms with van der Waals surface area (Å²) in [6.45, 7) is 15.4. The van der Waals surface area contributed by atoms with E-state index in [0.29, 0.717) is 39.0 Å². The fourth-order valence-electron chi connectivity index (χ4n) is 8.49. The molecule has 3 fully saturated rings. The Morgan fingerprint density at radius 1 is 0.900 bits per heavy atom. The predicted octanol–water partition coefficient (Wildman–Crippen LogP) is 5.53. The first-order valence-electron chi connectivity index (χ1n) is 22.4. The van der Waals surface area contributed by atoms with Crippen LogP contribution in [-0.4, -0.2) is 104 Å². The number of methoxy groups -OCH3 is 1. The van der Waals surface area contributed by atoms with E-state index in [0.717, 1.165) is 50.5 Å². The summed E-state index contributed by atoms with van der Waals surface area (Å²) in [5, 5.41) is 11.8. The average Bonchev–Trinajstić information content (AvgIpc) is 4.13. The lowest BCUT2D eigenvalue weighted by Crippen LogP contribution is -2.55. The van der Waals surface area contributed by atoms with Crippen LogP contribution in [0.5, 0.6) is 0 Å². The van der Waals surface area contributed by atoms with Crippen molar-refractivity contribution in [2.24, 2.45) is 17.8 Å². The topological polar surface area (TPSA) is 177 Å². The van der Waals surface area contributed by atoms with Crippen molar-refractivity contribution >= 4 is 29.5 Å². The Hall–Kier alpha value is -3.65. The Labute approximate surface area is 358 Å². The number of benzene rings is 1. The van der Waals surface area contributed by atoms with Crippen LogP contribution in [0.3, 0.4) is 0 Å². The van der Waals surface area contributed by atoms with Gasteiger partial charge in [-0.2, -0.15) is 0 Å². The van der Waals surface area contributed by atoms with Gasteiger partial charge in [0.2, 0.25) is 17.7 Å². The van der Waals surface area contributed by atoms with Gasteiger partial charge in [-0.05, 0) is 70.8 Å². The molecule has 0 aromatic heterocycles. The molecule has 3 aliphatic rings. The van der Waals surface area contributed by atoms with Gasteiger partial charge in [-0.1, -0.05) is 88.9 Å². The van der Waals surface area contributed by atoms with Crippen molar-refractivity contribution in [2.45, 2.75) is 167 Å². The van der Waals surface area contributed by atoms with E-state index >= 15 is 0 Å². The molecule has 2 heterocycles. The summed E-state index contributed by atoms with van der Waals surface area (Å²) in [7, 11) is 1.69. The third kappa shape index (κ3) is 15.1. The molecule has 1 aromatic carbocycles. The lowest BCUT2D eigenvalue weighted by molar-refractivity contribution is -0.172. The van der Waals surface area contributed by atoms with E-state index in [-0.39, 0.29) is 90.2 Å². The van der Waals surface area contributed by atoms with Crippen molar-refractivity contribution in [1.29, 1.82) is 0 Å². The van der Waals surface area contributed by atoms with Gasteiger partial charge in [0.05, 0.1) is 31.2 Å². The quantitative estimate of drug-likeness (QED) is 0.0382. The highest BCUT2D eigenvalue weighted by atomic mass is 16.6. The predicted molar refractivity (Wildman–Crippen MR) is 231 cm³/mol. The molecule has 1 aromatic rings. The van der Waals surface area contributed by atoms with Gasteiger partial charge >= 0.3 is 5.97 Å². The maximum absolute atomic E-state index is 13.5. The number of rotatable bonds is 27. The van der Waals surface area contributed by atoms with Gasteiger partial charge in [0.25, 0.3) is 0 Å². The maximum atomic E-state index is 13.5. The Kier molecular flexibility index (Phi) is 19.2. The molecule has 1 spiro atoms. The zero-order chi connectivity index (χ0) is 43.9. The van der Waals surface area contributed by atoms with Crippen molar-refractivity contribution in [3.8, 4) is 0 Å². The van der Waals surface area contributed by atoms with Gasteiger partial charge in [-0.15, -0.1) is 0 Å². The molecular formula is C47H74N4O9. The fraction of sp³-hybridized carbons (Fsp3) is 0.723. The fourth-order valence-corrected chi connectivity index (χ4v) is 8.49. The number of unbranched alkanes of at least 4 members (excludes halogenated alkanes) is 4. The summed E-state index contributed by atoms with van der Waals surface area (Å²) in [6, 6.07) is 7.95. The normalized spacial score (nSPS) is 25.3.